The number of allylic oxidation sites excluding steroid dienone is 2. The number of hydrogen-bond acceptors (Lipinski definition) is 4. The number of hydrogen-bond donors (Lipinski definition) is 1. The van der Waals surface area contributed by atoms with Crippen LogP contribution in [0.1, 0.15) is 37.7 Å². The quantitative estimate of drug-likeness (QED) is 0.601. The van der Waals surface area contributed by atoms with E-state index >= 15 is 0 Å². The minimum atomic E-state index is 0.174. The summed E-state index contributed by atoms with van der Waals surface area (Å²) in [6, 6.07) is 10.8. The molecule has 3 rings (SSSR count). The molecule has 2 N–H and O–H groups in total. The number of carbonyl (C=O) groups excluding carboxylic acids is 1. The molecule has 1 amide bonds. The van der Waals surface area contributed by atoms with Gasteiger partial charge in [-0.1, -0.05) is 56.0 Å². The zero-order valence-corrected chi connectivity index (χ0v) is 19.7. The number of rotatable bonds is 9. The van der Waals surface area contributed by atoms with Crippen LogP contribution in [-0.4, -0.2) is 73.0 Å². The average Bonchev–Trinajstić information content (AvgIpc) is 2.84. The number of piperazine rings is 1. The van der Waals surface area contributed by atoms with Gasteiger partial charge in [0.2, 0.25) is 5.91 Å². The Morgan fingerprint density at radius 1 is 1.09 bits per heavy atom. The fourth-order valence-electron chi connectivity index (χ4n) is 4.81. The lowest BCUT2D eigenvalue weighted by Crippen LogP contribution is -2.51. The van der Waals surface area contributed by atoms with Crippen LogP contribution in [0.5, 0.6) is 0 Å². The highest BCUT2D eigenvalue weighted by Crippen LogP contribution is 2.22. The van der Waals surface area contributed by atoms with Crippen LogP contribution >= 0.6 is 0 Å². The van der Waals surface area contributed by atoms with Crippen LogP contribution in [0.15, 0.2) is 66.9 Å². The summed E-state index contributed by atoms with van der Waals surface area (Å²) >= 11 is 0. The Balaban J connectivity index is 1.37. The lowest BCUT2D eigenvalue weighted by molar-refractivity contribution is -0.138. The van der Waals surface area contributed by atoms with E-state index in [0.717, 1.165) is 77.2 Å². The summed E-state index contributed by atoms with van der Waals surface area (Å²) in [4.78, 5) is 20.1. The molecule has 5 nitrogen and oxygen atoms in total. The summed E-state index contributed by atoms with van der Waals surface area (Å²) in [5.41, 5.74) is 8.12. The fraction of sp³-hybridized carbons (Fsp3) is 0.519. The second-order valence-corrected chi connectivity index (χ2v) is 9.15. The SMILES string of the molecule is C=C/C=C(\C=C/N)CN1CCC(C(=O)N2CCN(CCC(C)c3ccccc3)CC2)CC1. The van der Waals surface area contributed by atoms with E-state index in [9.17, 15) is 4.79 Å². The summed E-state index contributed by atoms with van der Waals surface area (Å²) in [7, 11) is 0. The van der Waals surface area contributed by atoms with Crippen LogP contribution in [0.2, 0.25) is 0 Å². The molecule has 1 unspecified atom stereocenters. The molecule has 2 fully saturated rings. The third-order valence-corrected chi connectivity index (χ3v) is 6.92. The van der Waals surface area contributed by atoms with E-state index in [1.54, 1.807) is 12.3 Å². The highest BCUT2D eigenvalue weighted by Gasteiger charge is 2.30. The Bertz CT molecular complexity index is 772. The van der Waals surface area contributed by atoms with Crippen molar-refractivity contribution in [3.63, 3.8) is 0 Å². The third-order valence-electron chi connectivity index (χ3n) is 6.92. The average molecular weight is 437 g/mol. The van der Waals surface area contributed by atoms with Gasteiger partial charge in [0, 0.05) is 38.6 Å². The molecule has 2 aliphatic rings. The van der Waals surface area contributed by atoms with Gasteiger partial charge in [-0.2, -0.15) is 0 Å². The number of amides is 1. The number of carbonyl (C=O) groups is 1. The van der Waals surface area contributed by atoms with Gasteiger partial charge in [0.05, 0.1) is 0 Å². The molecular weight excluding hydrogens is 396 g/mol. The van der Waals surface area contributed by atoms with Crippen molar-refractivity contribution in [1.29, 1.82) is 0 Å². The van der Waals surface area contributed by atoms with E-state index in [-0.39, 0.29) is 5.92 Å². The monoisotopic (exact) mass is 436 g/mol. The molecule has 1 aromatic carbocycles. The maximum atomic E-state index is 13.1. The van der Waals surface area contributed by atoms with Gasteiger partial charge in [0.1, 0.15) is 0 Å². The van der Waals surface area contributed by atoms with Crippen LogP contribution in [0, 0.1) is 5.92 Å². The number of nitrogens with two attached hydrogens (primary N) is 1. The summed E-state index contributed by atoms with van der Waals surface area (Å²) in [5.74, 6) is 1.11. The second kappa shape index (κ2) is 12.6. The summed E-state index contributed by atoms with van der Waals surface area (Å²) in [5, 5.41) is 0. The fourth-order valence-corrected chi connectivity index (χ4v) is 4.81. The first-order valence-corrected chi connectivity index (χ1v) is 12.1. The topological polar surface area (TPSA) is 52.8 Å². The maximum Gasteiger partial charge on any atom is 0.225 e. The second-order valence-electron chi connectivity index (χ2n) is 9.15. The Kier molecular flexibility index (Phi) is 9.57. The predicted octanol–water partition coefficient (Wildman–Crippen LogP) is 3.62. The largest absolute Gasteiger partial charge is 0.405 e. The molecule has 1 aromatic rings. The lowest BCUT2D eigenvalue weighted by Gasteiger charge is -2.39. The molecule has 0 aliphatic carbocycles. The third kappa shape index (κ3) is 7.07. The van der Waals surface area contributed by atoms with Crippen LogP contribution in [0.4, 0.5) is 0 Å². The van der Waals surface area contributed by atoms with Gasteiger partial charge in [0.25, 0.3) is 0 Å². The van der Waals surface area contributed by atoms with E-state index in [0.29, 0.717) is 11.8 Å². The Morgan fingerprint density at radius 2 is 1.78 bits per heavy atom. The zero-order valence-electron chi connectivity index (χ0n) is 19.7. The zero-order chi connectivity index (χ0) is 22.8. The first-order chi connectivity index (χ1) is 15.6. The van der Waals surface area contributed by atoms with Crippen molar-refractivity contribution in [2.45, 2.75) is 32.1 Å². The van der Waals surface area contributed by atoms with Crippen molar-refractivity contribution in [3.05, 3.63) is 72.5 Å². The van der Waals surface area contributed by atoms with Gasteiger partial charge in [-0.25, -0.2) is 0 Å². The van der Waals surface area contributed by atoms with Crippen molar-refractivity contribution in [3.8, 4) is 0 Å². The van der Waals surface area contributed by atoms with Crippen molar-refractivity contribution < 1.29 is 4.79 Å². The maximum absolute atomic E-state index is 13.1. The van der Waals surface area contributed by atoms with Gasteiger partial charge in [-0.3, -0.25) is 14.6 Å². The Labute approximate surface area is 194 Å². The lowest BCUT2D eigenvalue weighted by atomic mass is 9.94. The molecule has 2 saturated heterocycles. The number of piperidine rings is 1. The smallest absolute Gasteiger partial charge is 0.225 e. The van der Waals surface area contributed by atoms with Crippen LogP contribution in [-0.2, 0) is 4.79 Å². The Morgan fingerprint density at radius 3 is 2.41 bits per heavy atom. The van der Waals surface area contributed by atoms with Gasteiger partial charge < -0.3 is 10.6 Å². The van der Waals surface area contributed by atoms with Crippen molar-refractivity contribution in [2.24, 2.45) is 11.7 Å². The molecule has 174 valence electrons. The van der Waals surface area contributed by atoms with Crippen LogP contribution in [0.3, 0.4) is 0 Å². The summed E-state index contributed by atoms with van der Waals surface area (Å²) in [6.07, 6.45) is 10.4. The molecule has 1 atom stereocenters. The van der Waals surface area contributed by atoms with Gasteiger partial charge >= 0.3 is 0 Å². The molecule has 2 aliphatic heterocycles. The van der Waals surface area contributed by atoms with Crippen molar-refractivity contribution in [2.75, 3.05) is 52.4 Å². The first kappa shape index (κ1) is 24.3. The minimum Gasteiger partial charge on any atom is -0.405 e. The molecule has 5 heteroatoms. The number of benzene rings is 1. The Hall–Kier alpha value is -2.37. The van der Waals surface area contributed by atoms with E-state index < -0.39 is 0 Å². The normalized spacial score (nSPS) is 20.5. The van der Waals surface area contributed by atoms with E-state index in [2.05, 4.69) is 58.5 Å². The molecule has 0 saturated carbocycles. The van der Waals surface area contributed by atoms with Gasteiger partial charge in [-0.05, 0) is 68.2 Å². The van der Waals surface area contributed by atoms with Crippen molar-refractivity contribution >= 4 is 5.91 Å². The number of nitrogens with zero attached hydrogens (tertiary/aromatic N) is 3. The molecule has 0 spiro atoms. The molecule has 32 heavy (non-hydrogen) atoms. The van der Waals surface area contributed by atoms with Crippen molar-refractivity contribution in [1.82, 2.24) is 14.7 Å². The molecule has 0 aromatic heterocycles. The number of likely N-dealkylation sites (tertiary alicyclic amines) is 1. The standard InChI is InChI=1S/C27H40N4O/c1-3-7-24(10-14-28)22-30-16-12-26(13-17-30)27(32)31-20-18-29(19-21-31)15-11-23(2)25-8-5-4-6-9-25/h3-10,14,23,26H,1,11-13,15-22,28H2,2H3/b14-10-,24-7+. The highest BCUT2D eigenvalue weighted by molar-refractivity contribution is 5.79. The minimum absolute atomic E-state index is 0.174. The highest BCUT2D eigenvalue weighted by atomic mass is 16.2. The molecule has 0 bridgehead atoms. The van der Waals surface area contributed by atoms with Gasteiger partial charge in [0.15, 0.2) is 0 Å². The van der Waals surface area contributed by atoms with Crippen LogP contribution in [0.25, 0.3) is 0 Å². The van der Waals surface area contributed by atoms with Crippen LogP contribution < -0.4 is 5.73 Å². The predicted molar refractivity (Wildman–Crippen MR) is 133 cm³/mol. The van der Waals surface area contributed by atoms with E-state index in [1.165, 1.54) is 5.56 Å². The summed E-state index contributed by atoms with van der Waals surface area (Å²) in [6.45, 7) is 13.7. The summed E-state index contributed by atoms with van der Waals surface area (Å²) < 4.78 is 0. The van der Waals surface area contributed by atoms with E-state index in [4.69, 9.17) is 5.73 Å². The molecule has 0 radical (unpaired) electrons. The van der Waals surface area contributed by atoms with E-state index in [1.807, 2.05) is 12.2 Å². The molecule has 2 heterocycles. The van der Waals surface area contributed by atoms with Gasteiger partial charge in [-0.15, -0.1) is 0 Å². The molecular formula is C27H40N4O. The first-order valence-electron chi connectivity index (χ1n) is 12.1.